The monoisotopic (exact) mass is 736 g/mol. The lowest BCUT2D eigenvalue weighted by molar-refractivity contribution is -0.168. The van der Waals surface area contributed by atoms with E-state index in [1.807, 2.05) is 58.9 Å². The number of pyridine rings is 2. The Hall–Kier alpha value is -3.90. The first-order chi connectivity index (χ1) is 24.9. The molecule has 2 atom stereocenters. The van der Waals surface area contributed by atoms with Crippen molar-refractivity contribution in [3.8, 4) is 17.3 Å². The molecule has 0 spiro atoms. The molecule has 1 aliphatic heterocycles. The molecule has 0 unspecified atom stereocenters. The summed E-state index contributed by atoms with van der Waals surface area (Å²) in [5, 5.41) is 33.1. The largest absolute Gasteiger partial charge is 0.439 e. The van der Waals surface area contributed by atoms with Crippen molar-refractivity contribution in [3.63, 3.8) is 0 Å². The van der Waals surface area contributed by atoms with Crippen molar-refractivity contribution in [1.29, 1.82) is 5.26 Å². The lowest BCUT2D eigenvalue weighted by Crippen LogP contribution is -2.43. The van der Waals surface area contributed by atoms with E-state index in [-0.39, 0.29) is 30.6 Å². The molecule has 3 aromatic rings. The van der Waals surface area contributed by atoms with Gasteiger partial charge in [0.25, 0.3) is 0 Å². The van der Waals surface area contributed by atoms with Crippen molar-refractivity contribution >= 4 is 29.2 Å². The molecule has 0 bridgehead atoms. The number of hydrogen-bond donors (Lipinski definition) is 3. The molecule has 3 aromatic heterocycles. The van der Waals surface area contributed by atoms with Gasteiger partial charge in [0.15, 0.2) is 5.82 Å². The molecule has 4 heterocycles. The number of carbonyl (C=O) groups is 1. The Morgan fingerprint density at radius 3 is 2.56 bits per heavy atom. The Kier molecular flexibility index (Phi) is 13.4. The van der Waals surface area contributed by atoms with Gasteiger partial charge in [0, 0.05) is 55.6 Å². The standard InChI is InChI=1S/C37H53ClN10O4/c1-24(2)34(52-35(49)36(4,5)6)48-33(45-46-47-48)21-51-20-25(3)42-26-10-12-27(13-11-26)43-32-18-28(29(38)19-40-32)30-8-7-9-31(44-30)41-23-37(22-39)14-16-50-17-15-37/h7-9,18-19,24-27,34,42H,10-17,20-21,23H2,1-6H3,(H,40,43)(H,41,44)/t25-,26?,27?,34-/m1/s1. The highest BCUT2D eigenvalue weighted by Crippen LogP contribution is 2.32. The summed E-state index contributed by atoms with van der Waals surface area (Å²) >= 11 is 6.61. The molecule has 2 aliphatic rings. The minimum Gasteiger partial charge on any atom is -0.439 e. The van der Waals surface area contributed by atoms with Crippen LogP contribution in [-0.4, -0.2) is 80.6 Å². The smallest absolute Gasteiger partial charge is 0.313 e. The Labute approximate surface area is 311 Å². The fourth-order valence-electron chi connectivity index (χ4n) is 6.40. The first-order valence-electron chi connectivity index (χ1n) is 18.3. The Bertz CT molecular complexity index is 1660. The molecule has 1 saturated carbocycles. The van der Waals surface area contributed by atoms with Crippen molar-refractivity contribution in [3.05, 3.63) is 41.3 Å². The maximum absolute atomic E-state index is 12.6. The van der Waals surface area contributed by atoms with Crippen LogP contribution >= 0.6 is 11.6 Å². The topological polar surface area (TPSA) is 174 Å². The van der Waals surface area contributed by atoms with Crippen LogP contribution in [0.1, 0.15) is 92.1 Å². The predicted molar refractivity (Wildman–Crippen MR) is 198 cm³/mol. The first-order valence-corrected chi connectivity index (χ1v) is 18.7. The van der Waals surface area contributed by atoms with Gasteiger partial charge in [0.2, 0.25) is 6.23 Å². The van der Waals surface area contributed by atoms with Gasteiger partial charge in [-0.1, -0.05) is 31.5 Å². The zero-order valence-corrected chi connectivity index (χ0v) is 31.9. The van der Waals surface area contributed by atoms with Crippen molar-refractivity contribution in [1.82, 2.24) is 35.5 Å². The number of aromatic nitrogens is 6. The number of hydrogen-bond acceptors (Lipinski definition) is 13. The zero-order valence-electron chi connectivity index (χ0n) is 31.2. The summed E-state index contributed by atoms with van der Waals surface area (Å²) in [7, 11) is 0. The van der Waals surface area contributed by atoms with Gasteiger partial charge >= 0.3 is 5.97 Å². The quantitative estimate of drug-likeness (QED) is 0.151. The Balaban J connectivity index is 1.07. The van der Waals surface area contributed by atoms with E-state index in [4.69, 9.17) is 30.8 Å². The van der Waals surface area contributed by atoms with Gasteiger partial charge < -0.3 is 30.2 Å². The number of rotatable bonds is 15. The van der Waals surface area contributed by atoms with Crippen molar-refractivity contribution in [2.75, 3.05) is 37.0 Å². The molecule has 1 saturated heterocycles. The van der Waals surface area contributed by atoms with Crippen LogP contribution in [0.3, 0.4) is 0 Å². The normalized spacial score (nSPS) is 20.1. The molecule has 15 heteroatoms. The maximum Gasteiger partial charge on any atom is 0.313 e. The number of nitriles is 1. The summed E-state index contributed by atoms with van der Waals surface area (Å²) in [6, 6.07) is 11.0. The summed E-state index contributed by atoms with van der Waals surface area (Å²) in [5.74, 6) is 1.64. The molecular formula is C37H53ClN10O4. The summed E-state index contributed by atoms with van der Waals surface area (Å²) in [5.41, 5.74) is 0.450. The minimum atomic E-state index is -0.635. The van der Waals surface area contributed by atoms with E-state index in [0.717, 1.165) is 42.8 Å². The van der Waals surface area contributed by atoms with E-state index in [1.54, 1.807) is 10.9 Å². The second-order valence-electron chi connectivity index (χ2n) is 15.4. The average molecular weight is 737 g/mol. The summed E-state index contributed by atoms with van der Waals surface area (Å²) in [4.78, 5) is 22.0. The fourth-order valence-corrected chi connectivity index (χ4v) is 6.60. The van der Waals surface area contributed by atoms with Crippen molar-refractivity contribution in [2.24, 2.45) is 16.7 Å². The van der Waals surface area contributed by atoms with E-state index >= 15 is 0 Å². The number of nitrogens with one attached hydrogen (secondary N) is 3. The first kappa shape index (κ1) is 39.3. The van der Waals surface area contributed by atoms with Gasteiger partial charge in [-0.25, -0.2) is 9.97 Å². The maximum atomic E-state index is 12.6. The third-order valence-corrected chi connectivity index (χ3v) is 9.89. The number of nitrogens with zero attached hydrogens (tertiary/aromatic N) is 7. The summed E-state index contributed by atoms with van der Waals surface area (Å²) in [6.07, 6.45) is 6.47. The molecule has 2 fully saturated rings. The van der Waals surface area contributed by atoms with Gasteiger partial charge in [-0.05, 0) is 94.8 Å². The van der Waals surface area contributed by atoms with Crippen LogP contribution in [0.2, 0.25) is 5.02 Å². The van der Waals surface area contributed by atoms with Gasteiger partial charge in [-0.3, -0.25) is 4.79 Å². The lowest BCUT2D eigenvalue weighted by atomic mass is 9.82. The Morgan fingerprint density at radius 2 is 1.87 bits per heavy atom. The van der Waals surface area contributed by atoms with Crippen LogP contribution in [0.25, 0.3) is 11.3 Å². The van der Waals surface area contributed by atoms with Crippen LogP contribution in [0.4, 0.5) is 11.6 Å². The number of esters is 1. The predicted octanol–water partition coefficient (Wildman–Crippen LogP) is 6.18. The molecule has 1 aliphatic carbocycles. The highest BCUT2D eigenvalue weighted by molar-refractivity contribution is 6.33. The number of tetrazole rings is 1. The van der Waals surface area contributed by atoms with Gasteiger partial charge in [-0.15, -0.1) is 5.10 Å². The van der Waals surface area contributed by atoms with Crippen LogP contribution in [0.15, 0.2) is 30.5 Å². The van der Waals surface area contributed by atoms with Crippen LogP contribution in [-0.2, 0) is 25.6 Å². The number of anilines is 2. The lowest BCUT2D eigenvalue weighted by Gasteiger charge is -2.32. The van der Waals surface area contributed by atoms with E-state index in [0.29, 0.717) is 61.9 Å². The zero-order chi connectivity index (χ0) is 37.3. The molecule has 3 N–H and O–H groups in total. The van der Waals surface area contributed by atoms with Crippen LogP contribution in [0.5, 0.6) is 0 Å². The van der Waals surface area contributed by atoms with Crippen LogP contribution in [0, 0.1) is 28.1 Å². The second-order valence-corrected chi connectivity index (χ2v) is 15.8. The van der Waals surface area contributed by atoms with E-state index in [2.05, 4.69) is 49.5 Å². The number of halogens is 1. The molecular weight excluding hydrogens is 684 g/mol. The van der Waals surface area contributed by atoms with Gasteiger partial charge in [-0.2, -0.15) is 9.94 Å². The molecule has 0 aromatic carbocycles. The third-order valence-electron chi connectivity index (χ3n) is 9.59. The van der Waals surface area contributed by atoms with E-state index < -0.39 is 17.1 Å². The summed E-state index contributed by atoms with van der Waals surface area (Å²) in [6.45, 7) is 13.9. The van der Waals surface area contributed by atoms with Crippen LogP contribution < -0.4 is 16.0 Å². The fraction of sp³-hybridized carbons (Fsp3) is 0.649. The van der Waals surface area contributed by atoms with Gasteiger partial charge in [0.05, 0.1) is 34.2 Å². The van der Waals surface area contributed by atoms with Crippen molar-refractivity contribution in [2.45, 2.75) is 111 Å². The third kappa shape index (κ3) is 10.6. The molecule has 14 nitrogen and oxygen atoms in total. The molecule has 52 heavy (non-hydrogen) atoms. The number of carbonyl (C=O) groups excluding carboxylic acids is 1. The number of ether oxygens (including phenoxy) is 3. The Morgan fingerprint density at radius 1 is 1.13 bits per heavy atom. The SMILES string of the molecule is CC(C)[C@@H](OC(=O)C(C)(C)C)n1nnnc1COC[C@@H](C)NC1CCC(Nc2cc(-c3cccc(NCC4(C#N)CCOCC4)n3)c(Cl)cn2)CC1. The van der Waals surface area contributed by atoms with E-state index in [9.17, 15) is 10.1 Å². The van der Waals surface area contributed by atoms with Crippen molar-refractivity contribution < 1.29 is 19.0 Å². The minimum absolute atomic E-state index is 0.0277. The molecule has 0 radical (unpaired) electrons. The molecule has 282 valence electrons. The highest BCUT2D eigenvalue weighted by Gasteiger charge is 2.33. The average Bonchev–Trinajstić information content (AvgIpc) is 3.59. The summed E-state index contributed by atoms with van der Waals surface area (Å²) < 4.78 is 18.8. The van der Waals surface area contributed by atoms with Gasteiger partial charge in [0.1, 0.15) is 18.2 Å². The molecule has 5 rings (SSSR count). The second kappa shape index (κ2) is 17.7. The molecule has 0 amide bonds. The van der Waals surface area contributed by atoms with E-state index in [1.165, 1.54) is 0 Å². The highest BCUT2D eigenvalue weighted by atomic mass is 35.5.